The van der Waals surface area contributed by atoms with Crippen LogP contribution in [0.1, 0.15) is 73.1 Å². The fraction of sp³-hybridized carbons (Fsp3) is 0.905. The quantitative estimate of drug-likeness (QED) is 0.109. The van der Waals surface area contributed by atoms with Gasteiger partial charge in [0.2, 0.25) is 0 Å². The van der Waals surface area contributed by atoms with Crippen LogP contribution in [0.3, 0.4) is 0 Å². The van der Waals surface area contributed by atoms with Gasteiger partial charge in [-0.05, 0) is 0 Å². The summed E-state index contributed by atoms with van der Waals surface area (Å²) in [5.74, 6) is 0.493. The van der Waals surface area contributed by atoms with Crippen molar-refractivity contribution in [3.05, 3.63) is 11.6 Å². The van der Waals surface area contributed by atoms with Crippen LogP contribution >= 0.6 is 0 Å². The molecule has 0 aromatic rings. The summed E-state index contributed by atoms with van der Waals surface area (Å²) in [6.07, 6.45) is 10.9. The SMILES string of the molecule is CCC[CH2][Sn]([CH2]CCC)([CH2]CCC)[CH2]/C(C)=C/[C@@H](C)COCOC. The zero-order chi connectivity index (χ0) is 18.3. The molecule has 0 saturated heterocycles. The molecule has 0 bridgehead atoms. The van der Waals surface area contributed by atoms with Gasteiger partial charge in [-0.25, -0.2) is 0 Å². The Labute approximate surface area is 156 Å². The van der Waals surface area contributed by atoms with Gasteiger partial charge in [0.1, 0.15) is 0 Å². The molecule has 0 aliphatic heterocycles. The molecule has 0 spiro atoms. The zero-order valence-corrected chi connectivity index (χ0v) is 20.3. The Hall–Kier alpha value is 0.459. The second-order valence-electron chi connectivity index (χ2n) is 7.76. The predicted molar refractivity (Wildman–Crippen MR) is 110 cm³/mol. The molecular formula is C21H44O2Sn. The summed E-state index contributed by atoms with van der Waals surface area (Å²) in [5, 5.41) is 0. The molecule has 2 nitrogen and oxygen atoms in total. The van der Waals surface area contributed by atoms with Crippen LogP contribution in [0.5, 0.6) is 0 Å². The number of unbranched alkanes of at least 4 members (excludes halogenated alkanes) is 3. The molecular weight excluding hydrogens is 403 g/mol. The Morgan fingerprint density at radius 1 is 0.958 bits per heavy atom. The number of allylic oxidation sites excluding steroid dienone is 1. The second kappa shape index (κ2) is 15.7. The van der Waals surface area contributed by atoms with E-state index in [-0.39, 0.29) is 0 Å². The number of rotatable bonds is 16. The van der Waals surface area contributed by atoms with Gasteiger partial charge < -0.3 is 0 Å². The van der Waals surface area contributed by atoms with Gasteiger partial charge in [-0.2, -0.15) is 0 Å². The Balaban J connectivity index is 4.88. The van der Waals surface area contributed by atoms with Crippen molar-refractivity contribution < 1.29 is 9.47 Å². The van der Waals surface area contributed by atoms with E-state index in [2.05, 4.69) is 40.7 Å². The predicted octanol–water partition coefficient (Wildman–Crippen LogP) is 7.04. The molecule has 0 radical (unpaired) electrons. The van der Waals surface area contributed by atoms with E-state index in [9.17, 15) is 0 Å². The second-order valence-corrected chi connectivity index (χ2v) is 21.6. The summed E-state index contributed by atoms with van der Waals surface area (Å²) in [5.41, 5.74) is 1.64. The van der Waals surface area contributed by atoms with Gasteiger partial charge in [-0.1, -0.05) is 0 Å². The third-order valence-corrected chi connectivity index (χ3v) is 20.8. The average Bonchev–Trinajstić information content (AvgIpc) is 2.56. The third kappa shape index (κ3) is 11.9. The molecule has 24 heavy (non-hydrogen) atoms. The van der Waals surface area contributed by atoms with Crippen molar-refractivity contribution in [2.45, 2.75) is 90.9 Å². The van der Waals surface area contributed by atoms with Crippen LogP contribution in [0, 0.1) is 5.92 Å². The van der Waals surface area contributed by atoms with Crippen molar-refractivity contribution in [1.82, 2.24) is 0 Å². The first kappa shape index (κ1) is 24.5. The molecule has 0 aromatic heterocycles. The van der Waals surface area contributed by atoms with Gasteiger partial charge in [0.25, 0.3) is 0 Å². The molecule has 0 aliphatic rings. The van der Waals surface area contributed by atoms with E-state index in [1.807, 2.05) is 0 Å². The zero-order valence-electron chi connectivity index (χ0n) is 17.5. The van der Waals surface area contributed by atoms with E-state index in [1.54, 1.807) is 26.0 Å². The molecule has 0 aliphatic carbocycles. The van der Waals surface area contributed by atoms with Crippen LogP contribution in [-0.2, 0) is 9.47 Å². The fourth-order valence-electron chi connectivity index (χ4n) is 3.80. The molecule has 144 valence electrons. The van der Waals surface area contributed by atoms with E-state index >= 15 is 0 Å². The molecule has 0 saturated carbocycles. The van der Waals surface area contributed by atoms with Crippen molar-refractivity contribution in [1.29, 1.82) is 0 Å². The first-order valence-electron chi connectivity index (χ1n) is 10.3. The average molecular weight is 447 g/mol. The first-order valence-corrected chi connectivity index (χ1v) is 18.3. The van der Waals surface area contributed by atoms with Crippen molar-refractivity contribution >= 4 is 18.4 Å². The molecule has 0 N–H and O–H groups in total. The number of ether oxygens (including phenoxy) is 2. The van der Waals surface area contributed by atoms with Crippen LogP contribution in [-0.4, -0.2) is 38.9 Å². The van der Waals surface area contributed by atoms with E-state index in [4.69, 9.17) is 9.47 Å². The molecule has 0 aromatic carbocycles. The Kier molecular flexibility index (Phi) is 16.0. The van der Waals surface area contributed by atoms with Crippen LogP contribution in [0.2, 0.25) is 17.7 Å². The Bertz CT molecular complexity index is 293. The monoisotopic (exact) mass is 448 g/mol. The standard InChI is InChI=1S/C9H17O2.3C4H9.Sn/c1-8(2)5-9(3)6-11-7-10-4;3*1-3-4-2;/h5,9H,1,6-7H2,2-4H3;3*1,3-4H2,2H3;/b8-5-;;;;/t9-;;;;/m1..../s1. The van der Waals surface area contributed by atoms with Gasteiger partial charge in [0, 0.05) is 0 Å². The van der Waals surface area contributed by atoms with Crippen molar-refractivity contribution in [3.63, 3.8) is 0 Å². The molecule has 3 heteroatoms. The van der Waals surface area contributed by atoms with Gasteiger partial charge in [-0.15, -0.1) is 0 Å². The van der Waals surface area contributed by atoms with Gasteiger partial charge in [0.15, 0.2) is 0 Å². The molecule has 0 rings (SSSR count). The van der Waals surface area contributed by atoms with Crippen LogP contribution < -0.4 is 0 Å². The summed E-state index contributed by atoms with van der Waals surface area (Å²) < 4.78 is 16.8. The Morgan fingerprint density at radius 2 is 1.46 bits per heavy atom. The van der Waals surface area contributed by atoms with E-state index < -0.39 is 18.4 Å². The maximum absolute atomic E-state index is 5.52. The minimum absolute atomic E-state index is 0.407. The van der Waals surface area contributed by atoms with E-state index in [0.717, 1.165) is 6.61 Å². The van der Waals surface area contributed by atoms with E-state index in [1.165, 1.54) is 43.0 Å². The maximum atomic E-state index is 5.52. The summed E-state index contributed by atoms with van der Waals surface area (Å²) in [6, 6.07) is 0. The third-order valence-electron chi connectivity index (χ3n) is 4.99. The van der Waals surface area contributed by atoms with Crippen molar-refractivity contribution in [2.24, 2.45) is 5.92 Å². The van der Waals surface area contributed by atoms with Gasteiger partial charge in [-0.3, -0.25) is 0 Å². The summed E-state index contributed by atoms with van der Waals surface area (Å²) in [4.78, 5) is 0. The molecule has 1 atom stereocenters. The summed E-state index contributed by atoms with van der Waals surface area (Å²) >= 11 is -2.02. The number of hydrogen-bond acceptors (Lipinski definition) is 2. The number of hydrogen-bond donors (Lipinski definition) is 0. The topological polar surface area (TPSA) is 18.5 Å². The first-order chi connectivity index (χ1) is 11.5. The fourth-order valence-corrected chi connectivity index (χ4v) is 20.6. The van der Waals surface area contributed by atoms with Crippen LogP contribution in [0.25, 0.3) is 0 Å². The molecule has 0 fully saturated rings. The van der Waals surface area contributed by atoms with E-state index in [0.29, 0.717) is 12.7 Å². The molecule has 0 heterocycles. The Morgan fingerprint density at radius 3 is 1.88 bits per heavy atom. The summed E-state index contributed by atoms with van der Waals surface area (Å²) in [7, 11) is 1.68. The molecule has 0 unspecified atom stereocenters. The van der Waals surface area contributed by atoms with Crippen LogP contribution in [0.15, 0.2) is 11.6 Å². The summed E-state index contributed by atoms with van der Waals surface area (Å²) in [6.45, 7) is 12.9. The van der Waals surface area contributed by atoms with Crippen LogP contribution in [0.4, 0.5) is 0 Å². The molecule has 0 amide bonds. The van der Waals surface area contributed by atoms with Gasteiger partial charge >= 0.3 is 157 Å². The normalized spacial score (nSPS) is 14.2. The van der Waals surface area contributed by atoms with Gasteiger partial charge in [0.05, 0.1) is 0 Å². The van der Waals surface area contributed by atoms with Crippen molar-refractivity contribution in [3.8, 4) is 0 Å². The minimum atomic E-state index is -2.02. The van der Waals surface area contributed by atoms with Crippen molar-refractivity contribution in [2.75, 3.05) is 20.5 Å². The number of methoxy groups -OCH3 is 1.